The summed E-state index contributed by atoms with van der Waals surface area (Å²) in [7, 11) is 3.08. The van der Waals surface area contributed by atoms with E-state index in [1.54, 1.807) is 7.05 Å². The summed E-state index contributed by atoms with van der Waals surface area (Å²) < 4.78 is 4.54. The van der Waals surface area contributed by atoms with E-state index in [2.05, 4.69) is 46.5 Å². The molecule has 6 nitrogen and oxygen atoms in total. The number of carbonyl (C=O) groups is 1. The molecule has 0 unspecified atom stereocenters. The molecule has 0 bridgehead atoms. The number of aliphatic imine (C=N–C) groups is 1. The second-order valence-corrected chi connectivity index (χ2v) is 5.61. The van der Waals surface area contributed by atoms with Gasteiger partial charge in [-0.15, -0.1) is 0 Å². The van der Waals surface area contributed by atoms with Crippen LogP contribution in [0.4, 0.5) is 10.5 Å². The smallest absolute Gasteiger partial charge is 0.411 e. The number of methoxy groups -OCH3 is 1. The Morgan fingerprint density at radius 1 is 1.24 bits per heavy atom. The van der Waals surface area contributed by atoms with Gasteiger partial charge in [0.05, 0.1) is 7.11 Å². The number of guanidine groups is 1. The van der Waals surface area contributed by atoms with E-state index in [9.17, 15) is 4.79 Å². The summed E-state index contributed by atoms with van der Waals surface area (Å²) in [5.74, 6) is 0.749. The Labute approximate surface area is 126 Å². The summed E-state index contributed by atoms with van der Waals surface area (Å²) in [6.45, 7) is 6.88. The van der Waals surface area contributed by atoms with Gasteiger partial charge >= 0.3 is 6.09 Å². The summed E-state index contributed by atoms with van der Waals surface area (Å²) in [5, 5.41) is 9.14. The Balaban J connectivity index is 2.54. The standard InChI is InChI=1S/C15H24N4O2/c1-15(2,3)19-13(16-4)17-10-11-6-8-12(9-7-11)18-14(20)21-5/h6-9H,10H2,1-5H3,(H,18,20)(H2,16,17,19). The Kier molecular flexibility index (Phi) is 6.02. The van der Waals surface area contributed by atoms with Crippen LogP contribution in [0.15, 0.2) is 29.3 Å². The Morgan fingerprint density at radius 2 is 1.86 bits per heavy atom. The van der Waals surface area contributed by atoms with Crippen molar-refractivity contribution in [2.75, 3.05) is 19.5 Å². The maximum atomic E-state index is 11.1. The highest BCUT2D eigenvalue weighted by molar-refractivity contribution is 5.84. The van der Waals surface area contributed by atoms with E-state index in [0.29, 0.717) is 12.2 Å². The van der Waals surface area contributed by atoms with Crippen molar-refractivity contribution in [1.82, 2.24) is 10.6 Å². The average molecular weight is 292 g/mol. The molecule has 0 aliphatic rings. The quantitative estimate of drug-likeness (QED) is 0.590. The molecule has 0 aromatic heterocycles. The second-order valence-electron chi connectivity index (χ2n) is 5.61. The van der Waals surface area contributed by atoms with Crippen molar-refractivity contribution in [2.45, 2.75) is 32.9 Å². The van der Waals surface area contributed by atoms with Crippen molar-refractivity contribution in [1.29, 1.82) is 0 Å². The third-order valence-electron chi connectivity index (χ3n) is 2.56. The number of hydrogen-bond acceptors (Lipinski definition) is 3. The first kappa shape index (κ1) is 16.8. The number of ether oxygens (including phenoxy) is 1. The van der Waals surface area contributed by atoms with Crippen molar-refractivity contribution < 1.29 is 9.53 Å². The van der Waals surface area contributed by atoms with E-state index in [0.717, 1.165) is 11.5 Å². The number of carbonyl (C=O) groups excluding carboxylic acids is 1. The van der Waals surface area contributed by atoms with Gasteiger partial charge in [0.2, 0.25) is 0 Å². The van der Waals surface area contributed by atoms with Crippen molar-refractivity contribution in [3.63, 3.8) is 0 Å². The normalized spacial score (nSPS) is 11.8. The zero-order chi connectivity index (χ0) is 15.9. The van der Waals surface area contributed by atoms with E-state index >= 15 is 0 Å². The summed E-state index contributed by atoms with van der Waals surface area (Å²) in [6, 6.07) is 7.52. The number of nitrogens with one attached hydrogen (secondary N) is 3. The molecule has 1 amide bonds. The fourth-order valence-corrected chi connectivity index (χ4v) is 1.59. The lowest BCUT2D eigenvalue weighted by Crippen LogP contribution is -2.47. The van der Waals surface area contributed by atoms with E-state index in [4.69, 9.17) is 0 Å². The maximum absolute atomic E-state index is 11.1. The lowest BCUT2D eigenvalue weighted by Gasteiger charge is -2.23. The van der Waals surface area contributed by atoms with Gasteiger partial charge in [-0.2, -0.15) is 0 Å². The topological polar surface area (TPSA) is 74.8 Å². The number of amides is 1. The molecule has 1 aromatic carbocycles. The summed E-state index contributed by atoms with van der Waals surface area (Å²) >= 11 is 0. The van der Waals surface area contributed by atoms with Crippen LogP contribution in [-0.2, 0) is 11.3 Å². The van der Waals surface area contributed by atoms with Gasteiger partial charge in [-0.3, -0.25) is 10.3 Å². The van der Waals surface area contributed by atoms with Gasteiger partial charge in [-0.25, -0.2) is 4.79 Å². The van der Waals surface area contributed by atoms with Gasteiger partial charge in [-0.1, -0.05) is 12.1 Å². The molecule has 21 heavy (non-hydrogen) atoms. The monoisotopic (exact) mass is 292 g/mol. The second kappa shape index (κ2) is 7.52. The summed E-state index contributed by atoms with van der Waals surface area (Å²) in [4.78, 5) is 15.3. The van der Waals surface area contributed by atoms with Gasteiger partial charge in [-0.05, 0) is 38.5 Å². The van der Waals surface area contributed by atoms with E-state index in [1.165, 1.54) is 7.11 Å². The molecule has 1 aromatic rings. The number of anilines is 1. The number of nitrogens with zero attached hydrogens (tertiary/aromatic N) is 1. The Hall–Kier alpha value is -2.24. The SMILES string of the molecule is CN=C(NCc1ccc(NC(=O)OC)cc1)NC(C)(C)C. The summed E-state index contributed by atoms with van der Waals surface area (Å²) in [6.07, 6.45) is -0.476. The molecular weight excluding hydrogens is 268 g/mol. The van der Waals surface area contributed by atoms with Crippen LogP contribution in [0.3, 0.4) is 0 Å². The van der Waals surface area contributed by atoms with Crippen LogP contribution in [0, 0.1) is 0 Å². The largest absolute Gasteiger partial charge is 0.453 e. The summed E-state index contributed by atoms with van der Waals surface area (Å²) in [5.41, 5.74) is 1.74. The zero-order valence-electron chi connectivity index (χ0n) is 13.3. The molecule has 0 heterocycles. The van der Waals surface area contributed by atoms with Crippen molar-refractivity contribution in [3.8, 4) is 0 Å². The average Bonchev–Trinajstić information content (AvgIpc) is 2.43. The van der Waals surface area contributed by atoms with Gasteiger partial charge in [0.1, 0.15) is 0 Å². The van der Waals surface area contributed by atoms with Crippen molar-refractivity contribution in [3.05, 3.63) is 29.8 Å². The molecule has 0 saturated carbocycles. The van der Waals surface area contributed by atoms with E-state index in [1.807, 2.05) is 24.3 Å². The van der Waals surface area contributed by atoms with Crippen LogP contribution < -0.4 is 16.0 Å². The molecule has 1 rings (SSSR count). The minimum absolute atomic E-state index is 0.0455. The molecular formula is C15H24N4O2. The van der Waals surface area contributed by atoms with Crippen molar-refractivity contribution >= 4 is 17.7 Å². The van der Waals surface area contributed by atoms with Crippen LogP contribution >= 0.6 is 0 Å². The lowest BCUT2D eigenvalue weighted by molar-refractivity contribution is 0.187. The van der Waals surface area contributed by atoms with Gasteiger partial charge in [0, 0.05) is 24.8 Å². The lowest BCUT2D eigenvalue weighted by atomic mass is 10.1. The van der Waals surface area contributed by atoms with Crippen LogP contribution in [-0.4, -0.2) is 31.7 Å². The molecule has 3 N–H and O–H groups in total. The van der Waals surface area contributed by atoms with Crippen LogP contribution in [0.5, 0.6) is 0 Å². The third-order valence-corrected chi connectivity index (χ3v) is 2.56. The highest BCUT2D eigenvalue weighted by Crippen LogP contribution is 2.09. The third kappa shape index (κ3) is 6.65. The Morgan fingerprint density at radius 3 is 2.33 bits per heavy atom. The molecule has 0 spiro atoms. The minimum Gasteiger partial charge on any atom is -0.453 e. The van der Waals surface area contributed by atoms with E-state index < -0.39 is 6.09 Å². The predicted octanol–water partition coefficient (Wildman–Crippen LogP) is 2.33. The maximum Gasteiger partial charge on any atom is 0.411 e. The van der Waals surface area contributed by atoms with Gasteiger partial charge < -0.3 is 15.4 Å². The predicted molar refractivity (Wildman–Crippen MR) is 85.6 cm³/mol. The van der Waals surface area contributed by atoms with Crippen molar-refractivity contribution in [2.24, 2.45) is 4.99 Å². The Bertz CT molecular complexity index is 489. The highest BCUT2D eigenvalue weighted by Gasteiger charge is 2.11. The molecule has 6 heteroatoms. The number of benzene rings is 1. The van der Waals surface area contributed by atoms with Crippen LogP contribution in [0.1, 0.15) is 26.3 Å². The fourth-order valence-electron chi connectivity index (χ4n) is 1.59. The fraction of sp³-hybridized carbons (Fsp3) is 0.467. The van der Waals surface area contributed by atoms with E-state index in [-0.39, 0.29) is 5.54 Å². The van der Waals surface area contributed by atoms with Crippen LogP contribution in [0.25, 0.3) is 0 Å². The molecule has 0 aliphatic heterocycles. The first-order valence-corrected chi connectivity index (χ1v) is 6.77. The molecule has 0 radical (unpaired) electrons. The first-order valence-electron chi connectivity index (χ1n) is 6.77. The molecule has 0 fully saturated rings. The van der Waals surface area contributed by atoms with Gasteiger partial charge in [0.15, 0.2) is 5.96 Å². The molecule has 0 saturated heterocycles. The zero-order valence-corrected chi connectivity index (χ0v) is 13.3. The highest BCUT2D eigenvalue weighted by atomic mass is 16.5. The minimum atomic E-state index is -0.476. The molecule has 0 atom stereocenters. The molecule has 0 aliphatic carbocycles. The number of hydrogen-bond donors (Lipinski definition) is 3. The first-order chi connectivity index (χ1) is 9.84. The molecule has 116 valence electrons. The van der Waals surface area contributed by atoms with Gasteiger partial charge in [0.25, 0.3) is 0 Å². The number of rotatable bonds is 3. The van der Waals surface area contributed by atoms with Crippen LogP contribution in [0.2, 0.25) is 0 Å².